The number of aromatic nitrogens is 5. The number of carbonyl (C=O) groups excluding carboxylic acids is 1. The predicted molar refractivity (Wildman–Crippen MR) is 136 cm³/mol. The maximum absolute atomic E-state index is 12.8. The summed E-state index contributed by atoms with van der Waals surface area (Å²) in [6.45, 7) is 4.97. The van der Waals surface area contributed by atoms with Crippen LogP contribution < -0.4 is 5.32 Å². The highest BCUT2D eigenvalue weighted by atomic mass is 32.1. The van der Waals surface area contributed by atoms with E-state index in [9.17, 15) is 9.90 Å². The quantitative estimate of drug-likeness (QED) is 0.399. The van der Waals surface area contributed by atoms with Crippen molar-refractivity contribution >= 4 is 34.7 Å². The topological polar surface area (TPSA) is 121 Å². The van der Waals surface area contributed by atoms with Crippen LogP contribution in [0.15, 0.2) is 41.7 Å². The molecule has 1 saturated heterocycles. The Bertz CT molecular complexity index is 1410. The maximum Gasteiger partial charge on any atom is 0.284 e. The largest absolute Gasteiger partial charge is 0.391 e. The van der Waals surface area contributed by atoms with E-state index in [4.69, 9.17) is 4.98 Å². The number of hydrogen-bond donors (Lipinski definition) is 2. The summed E-state index contributed by atoms with van der Waals surface area (Å²) in [5.41, 5.74) is 5.12. The molecule has 0 aromatic carbocycles. The molecule has 0 bridgehead atoms. The van der Waals surface area contributed by atoms with Gasteiger partial charge >= 0.3 is 0 Å². The zero-order valence-corrected chi connectivity index (χ0v) is 20.5. The average molecular weight is 491 g/mol. The van der Waals surface area contributed by atoms with Crippen molar-refractivity contribution < 1.29 is 9.90 Å². The van der Waals surface area contributed by atoms with Crippen LogP contribution in [0.4, 0.5) is 5.69 Å². The van der Waals surface area contributed by atoms with E-state index in [1.54, 1.807) is 30.6 Å². The number of pyridine rings is 1. The number of rotatable bonds is 6. The van der Waals surface area contributed by atoms with E-state index in [2.05, 4.69) is 39.5 Å². The van der Waals surface area contributed by atoms with Crippen LogP contribution in [0.2, 0.25) is 0 Å². The summed E-state index contributed by atoms with van der Waals surface area (Å²) >= 11 is 1.23. The van der Waals surface area contributed by atoms with Gasteiger partial charge in [-0.3, -0.25) is 14.8 Å². The molecule has 0 radical (unpaired) electrons. The van der Waals surface area contributed by atoms with Crippen molar-refractivity contribution in [3.63, 3.8) is 0 Å². The molecule has 1 fully saturated rings. The second-order valence-corrected chi connectivity index (χ2v) is 9.73. The van der Waals surface area contributed by atoms with Crippen LogP contribution in [0.5, 0.6) is 0 Å². The van der Waals surface area contributed by atoms with Gasteiger partial charge in [-0.05, 0) is 44.5 Å². The van der Waals surface area contributed by atoms with Gasteiger partial charge in [-0.15, -0.1) is 10.2 Å². The summed E-state index contributed by atoms with van der Waals surface area (Å²) in [5.74, 6) is -0.202. The molecule has 35 heavy (non-hydrogen) atoms. The summed E-state index contributed by atoms with van der Waals surface area (Å²) < 4.78 is 1.85. The zero-order valence-electron chi connectivity index (χ0n) is 19.7. The molecule has 5 rings (SSSR count). The third-order valence-electron chi connectivity index (χ3n) is 5.70. The van der Waals surface area contributed by atoms with Crippen molar-refractivity contribution in [2.24, 2.45) is 4.99 Å². The second-order valence-electron chi connectivity index (χ2n) is 8.75. The molecule has 1 aliphatic heterocycles. The number of aliphatic imine (C=N–C) groups is 1. The Morgan fingerprint density at radius 1 is 1.29 bits per heavy atom. The van der Waals surface area contributed by atoms with E-state index < -0.39 is 6.10 Å². The third kappa shape index (κ3) is 4.64. The van der Waals surface area contributed by atoms with Crippen molar-refractivity contribution in [3.8, 4) is 22.0 Å². The lowest BCUT2D eigenvalue weighted by Crippen LogP contribution is -2.29. The molecule has 0 spiro atoms. The standard InChI is InChI=1S/C24H26N8O2S/c1-14(2)28-19-9-20(21-5-4-16-8-15(10-25-3)11-27-32(16)21)26-12-18(19)22-29-30-23(35-22)24(34)31-7-6-17(33)13-31/h4-5,8-12,14,17,33H,6-7,13H2,1-3H3,(H,26,28)/b25-10-. The lowest BCUT2D eigenvalue weighted by molar-refractivity contribution is 0.0763. The fourth-order valence-electron chi connectivity index (χ4n) is 4.11. The Morgan fingerprint density at radius 3 is 2.89 bits per heavy atom. The maximum atomic E-state index is 12.8. The van der Waals surface area contributed by atoms with E-state index in [1.807, 2.05) is 28.8 Å². The Balaban J connectivity index is 1.49. The molecule has 180 valence electrons. The number of β-amino-alcohol motifs (C(OH)–C–C–N with tert-alkyl or cyclic N) is 1. The van der Waals surface area contributed by atoms with Crippen molar-refractivity contribution in [3.05, 3.63) is 47.2 Å². The number of nitrogens with zero attached hydrogens (tertiary/aromatic N) is 7. The molecule has 0 saturated carbocycles. The molecule has 2 N–H and O–H groups in total. The molecule has 11 heteroatoms. The van der Waals surface area contributed by atoms with Gasteiger partial charge in [-0.1, -0.05) is 11.3 Å². The number of aliphatic hydroxyl groups is 1. The fraction of sp³-hybridized carbons (Fsp3) is 0.333. The smallest absolute Gasteiger partial charge is 0.284 e. The molecular formula is C24H26N8O2S. The number of aliphatic hydroxyl groups excluding tert-OH is 1. The average Bonchev–Trinajstić information content (AvgIpc) is 3.58. The van der Waals surface area contributed by atoms with Crippen molar-refractivity contribution in [2.75, 3.05) is 25.5 Å². The van der Waals surface area contributed by atoms with Gasteiger partial charge in [-0.25, -0.2) is 4.52 Å². The molecule has 1 atom stereocenters. The van der Waals surface area contributed by atoms with E-state index >= 15 is 0 Å². The monoisotopic (exact) mass is 490 g/mol. The summed E-state index contributed by atoms with van der Waals surface area (Å²) in [6.07, 6.45) is 5.40. The van der Waals surface area contributed by atoms with Crippen LogP contribution >= 0.6 is 11.3 Å². The third-order valence-corrected chi connectivity index (χ3v) is 6.64. The van der Waals surface area contributed by atoms with Crippen LogP contribution in [-0.4, -0.2) is 79.2 Å². The Hall–Kier alpha value is -3.70. The molecule has 1 unspecified atom stereocenters. The first-order valence-electron chi connectivity index (χ1n) is 11.4. The van der Waals surface area contributed by atoms with Crippen LogP contribution in [0.3, 0.4) is 0 Å². The predicted octanol–water partition coefficient (Wildman–Crippen LogP) is 2.99. The van der Waals surface area contributed by atoms with E-state index in [0.29, 0.717) is 29.5 Å². The van der Waals surface area contributed by atoms with Gasteiger partial charge in [0.2, 0.25) is 5.01 Å². The van der Waals surface area contributed by atoms with Crippen molar-refractivity contribution in [1.29, 1.82) is 0 Å². The highest BCUT2D eigenvalue weighted by molar-refractivity contribution is 7.16. The number of anilines is 1. The molecule has 1 amide bonds. The van der Waals surface area contributed by atoms with Gasteiger partial charge in [0, 0.05) is 49.8 Å². The first kappa shape index (κ1) is 23.1. The van der Waals surface area contributed by atoms with Gasteiger partial charge in [0.05, 0.1) is 34.8 Å². The normalized spacial score (nSPS) is 16.1. The highest BCUT2D eigenvalue weighted by Gasteiger charge is 2.28. The minimum Gasteiger partial charge on any atom is -0.391 e. The Morgan fingerprint density at radius 2 is 2.14 bits per heavy atom. The minimum absolute atomic E-state index is 0.169. The molecule has 10 nitrogen and oxygen atoms in total. The van der Waals surface area contributed by atoms with E-state index in [0.717, 1.165) is 33.7 Å². The van der Waals surface area contributed by atoms with Crippen LogP contribution in [0.1, 0.15) is 35.6 Å². The van der Waals surface area contributed by atoms with Gasteiger partial charge in [0.15, 0.2) is 5.01 Å². The Labute approximate surface area is 206 Å². The Kier molecular flexibility index (Phi) is 6.27. The summed E-state index contributed by atoms with van der Waals surface area (Å²) in [7, 11) is 1.73. The lowest BCUT2D eigenvalue weighted by atomic mass is 10.1. The van der Waals surface area contributed by atoms with Crippen LogP contribution in [0.25, 0.3) is 27.5 Å². The number of likely N-dealkylation sites (tertiary alicyclic amines) is 1. The number of carbonyl (C=O) groups is 1. The van der Waals surface area contributed by atoms with Crippen molar-refractivity contribution in [1.82, 2.24) is 29.7 Å². The highest BCUT2D eigenvalue weighted by Crippen LogP contribution is 2.34. The second kappa shape index (κ2) is 9.51. The number of amides is 1. The minimum atomic E-state index is -0.476. The van der Waals surface area contributed by atoms with Crippen LogP contribution in [-0.2, 0) is 0 Å². The fourth-order valence-corrected chi connectivity index (χ4v) is 4.94. The zero-order chi connectivity index (χ0) is 24.5. The van der Waals surface area contributed by atoms with Gasteiger partial charge < -0.3 is 15.3 Å². The summed E-state index contributed by atoms with van der Waals surface area (Å²) in [4.78, 5) is 23.1. The first-order valence-corrected chi connectivity index (χ1v) is 12.2. The van der Waals surface area contributed by atoms with E-state index in [1.165, 1.54) is 11.3 Å². The van der Waals surface area contributed by atoms with E-state index in [-0.39, 0.29) is 11.9 Å². The summed E-state index contributed by atoms with van der Waals surface area (Å²) in [5, 5.41) is 27.1. The number of nitrogens with one attached hydrogen (secondary N) is 1. The van der Waals surface area contributed by atoms with Gasteiger partial charge in [0.25, 0.3) is 5.91 Å². The first-order chi connectivity index (χ1) is 16.9. The molecule has 1 aliphatic rings. The number of fused-ring (bicyclic) bond motifs is 1. The van der Waals surface area contributed by atoms with Crippen molar-refractivity contribution in [2.45, 2.75) is 32.4 Å². The lowest BCUT2D eigenvalue weighted by Gasteiger charge is -2.14. The molecular weight excluding hydrogens is 464 g/mol. The molecule has 4 aromatic heterocycles. The SMILES string of the molecule is C/N=C\c1cnn2c(-c3cc(NC(C)C)c(-c4nnc(C(=O)N5CCC(O)C5)s4)cn3)ccc2c1. The number of hydrogen-bond acceptors (Lipinski definition) is 9. The summed E-state index contributed by atoms with van der Waals surface area (Å²) in [6, 6.07) is 8.15. The molecule has 4 aromatic rings. The molecule has 5 heterocycles. The molecule has 0 aliphatic carbocycles. The van der Waals surface area contributed by atoms with Gasteiger partial charge in [-0.2, -0.15) is 5.10 Å². The van der Waals surface area contributed by atoms with Crippen LogP contribution in [0, 0.1) is 0 Å². The van der Waals surface area contributed by atoms with Gasteiger partial charge in [0.1, 0.15) is 0 Å².